The second-order valence-electron chi connectivity index (χ2n) is 9.91. The van der Waals surface area contributed by atoms with Crippen LogP contribution in [0.25, 0.3) is 17.0 Å². The van der Waals surface area contributed by atoms with Crippen molar-refractivity contribution in [2.75, 3.05) is 0 Å². The van der Waals surface area contributed by atoms with E-state index < -0.39 is 24.0 Å². The molecule has 1 aromatic heterocycles. The molecule has 0 spiro atoms. The van der Waals surface area contributed by atoms with Gasteiger partial charge in [-0.1, -0.05) is 29.6 Å². The first-order valence-electron chi connectivity index (χ1n) is 12.9. The molecule has 2 heterocycles. The third kappa shape index (κ3) is 6.06. The van der Waals surface area contributed by atoms with Gasteiger partial charge in [0.25, 0.3) is 0 Å². The lowest BCUT2D eigenvalue weighted by Crippen LogP contribution is -2.31. The summed E-state index contributed by atoms with van der Waals surface area (Å²) in [4.78, 5) is 19.5. The normalized spacial score (nSPS) is 19.4. The van der Waals surface area contributed by atoms with E-state index in [4.69, 9.17) is 9.72 Å². The van der Waals surface area contributed by atoms with Crippen molar-refractivity contribution in [2.24, 2.45) is 0 Å². The number of carbonyl (C=O) groups excluding carboxylic acids is 1. The molecule has 4 nitrogen and oxygen atoms in total. The highest BCUT2D eigenvalue weighted by Gasteiger charge is 2.31. The second-order valence-corrected chi connectivity index (χ2v) is 12.1. The molecule has 40 heavy (non-hydrogen) atoms. The summed E-state index contributed by atoms with van der Waals surface area (Å²) in [5.74, 6) is -1.38. The largest absolute Gasteiger partial charge is 0.458 e. The van der Waals surface area contributed by atoms with E-state index in [9.17, 15) is 18.7 Å². The van der Waals surface area contributed by atoms with Crippen molar-refractivity contribution in [3.63, 3.8) is 0 Å². The molecule has 0 radical (unpaired) electrons. The Hall–Kier alpha value is -3.27. The molecule has 1 aliphatic heterocycles. The molecule has 2 atom stereocenters. The zero-order valence-electron chi connectivity index (χ0n) is 21.1. The lowest BCUT2D eigenvalue weighted by Gasteiger charge is -2.23. The molecule has 0 bridgehead atoms. The van der Waals surface area contributed by atoms with Crippen molar-refractivity contribution >= 4 is 46.5 Å². The maximum absolute atomic E-state index is 15.5. The van der Waals surface area contributed by atoms with Gasteiger partial charge >= 0.3 is 5.97 Å². The van der Waals surface area contributed by atoms with Gasteiger partial charge in [0.2, 0.25) is 0 Å². The summed E-state index contributed by atoms with van der Waals surface area (Å²) < 4.78 is 48.0. The van der Waals surface area contributed by atoms with Gasteiger partial charge in [-0.15, -0.1) is 0 Å². The third-order valence-electron chi connectivity index (χ3n) is 6.76. The van der Waals surface area contributed by atoms with E-state index in [0.717, 1.165) is 33.9 Å². The van der Waals surface area contributed by atoms with Crippen LogP contribution in [0.3, 0.4) is 0 Å². The summed E-state index contributed by atoms with van der Waals surface area (Å²) in [6.07, 6.45) is 4.44. The Bertz CT molecular complexity index is 1610. The Morgan fingerprint density at radius 1 is 0.925 bits per heavy atom. The highest BCUT2D eigenvalue weighted by atomic mass is 32.2. The Labute approximate surface area is 237 Å². The molecule has 2 unspecified atom stereocenters. The first-order valence-corrected chi connectivity index (χ1v) is 14.6. The van der Waals surface area contributed by atoms with Crippen molar-refractivity contribution < 1.29 is 27.8 Å². The van der Waals surface area contributed by atoms with Crippen LogP contribution in [0.2, 0.25) is 0 Å². The SMILES string of the molecule is O=C1CC(O)CC(/C=C/c2c(C3CC3)nc3cc(Sc4ccc(F)cc4)c(F)cc3c2Sc2ccc(F)cc2)O1. The topological polar surface area (TPSA) is 59.4 Å². The number of aliphatic hydroxyl groups is 1. The molecular weight excluding hydrogens is 555 g/mol. The number of pyridine rings is 1. The smallest absolute Gasteiger partial charge is 0.309 e. The third-order valence-corrected chi connectivity index (χ3v) is 8.95. The number of aromatic nitrogens is 1. The summed E-state index contributed by atoms with van der Waals surface area (Å²) in [5.41, 5.74) is 2.27. The van der Waals surface area contributed by atoms with Crippen LogP contribution in [-0.2, 0) is 9.53 Å². The van der Waals surface area contributed by atoms with E-state index in [0.29, 0.717) is 27.1 Å². The molecular formula is C31H24F3NO3S2. The van der Waals surface area contributed by atoms with Crippen molar-refractivity contribution in [1.29, 1.82) is 0 Å². The van der Waals surface area contributed by atoms with Crippen molar-refractivity contribution in [1.82, 2.24) is 4.98 Å². The maximum atomic E-state index is 15.5. The first-order chi connectivity index (χ1) is 19.3. The van der Waals surface area contributed by atoms with Gasteiger partial charge in [-0.05, 0) is 79.6 Å². The van der Waals surface area contributed by atoms with Gasteiger partial charge < -0.3 is 9.84 Å². The predicted octanol–water partition coefficient (Wildman–Crippen LogP) is 7.91. The molecule has 1 saturated carbocycles. The van der Waals surface area contributed by atoms with E-state index in [1.807, 2.05) is 6.08 Å². The quantitative estimate of drug-likeness (QED) is 0.225. The fraction of sp³-hybridized carbons (Fsp3) is 0.226. The van der Waals surface area contributed by atoms with Gasteiger partial charge in [-0.2, -0.15) is 0 Å². The zero-order valence-corrected chi connectivity index (χ0v) is 22.8. The van der Waals surface area contributed by atoms with Gasteiger partial charge in [0, 0.05) is 38.0 Å². The molecule has 6 rings (SSSR count). The fourth-order valence-electron chi connectivity index (χ4n) is 4.67. The van der Waals surface area contributed by atoms with E-state index in [1.165, 1.54) is 53.9 Å². The fourth-order valence-corrected chi connectivity index (χ4v) is 6.58. The van der Waals surface area contributed by atoms with E-state index in [2.05, 4.69) is 0 Å². The molecule has 2 fully saturated rings. The van der Waals surface area contributed by atoms with E-state index in [1.54, 1.807) is 36.4 Å². The average Bonchev–Trinajstić information content (AvgIpc) is 3.76. The minimum atomic E-state index is -0.771. The monoisotopic (exact) mass is 579 g/mol. The van der Waals surface area contributed by atoms with Crippen LogP contribution in [0, 0.1) is 17.5 Å². The summed E-state index contributed by atoms with van der Waals surface area (Å²) in [6, 6.07) is 15.2. The number of benzene rings is 3. The number of aliphatic hydroxyl groups excluding tert-OH is 1. The van der Waals surface area contributed by atoms with Crippen molar-refractivity contribution in [3.05, 3.63) is 95.4 Å². The number of nitrogens with zero attached hydrogens (tertiary/aromatic N) is 1. The summed E-state index contributed by atoms with van der Waals surface area (Å²) in [7, 11) is 0. The molecule has 4 aromatic rings. The number of esters is 1. The molecule has 1 aliphatic carbocycles. The summed E-state index contributed by atoms with van der Waals surface area (Å²) in [6.45, 7) is 0. The summed E-state index contributed by atoms with van der Waals surface area (Å²) in [5, 5.41) is 10.6. The minimum absolute atomic E-state index is 0.0294. The number of cyclic esters (lactones) is 1. The number of hydrogen-bond donors (Lipinski definition) is 1. The Morgan fingerprint density at radius 2 is 1.57 bits per heavy atom. The van der Waals surface area contributed by atoms with Gasteiger partial charge in [0.15, 0.2) is 0 Å². The number of fused-ring (bicyclic) bond motifs is 1. The average molecular weight is 580 g/mol. The summed E-state index contributed by atoms with van der Waals surface area (Å²) >= 11 is 2.59. The highest BCUT2D eigenvalue weighted by Crippen LogP contribution is 2.47. The molecule has 9 heteroatoms. The van der Waals surface area contributed by atoms with Gasteiger partial charge in [-0.3, -0.25) is 9.78 Å². The lowest BCUT2D eigenvalue weighted by molar-refractivity contribution is -0.156. The zero-order chi connectivity index (χ0) is 27.8. The maximum Gasteiger partial charge on any atom is 0.309 e. The molecule has 3 aromatic carbocycles. The lowest BCUT2D eigenvalue weighted by atomic mass is 10.0. The Kier molecular flexibility index (Phi) is 7.61. The van der Waals surface area contributed by atoms with Crippen LogP contribution in [-0.4, -0.2) is 28.3 Å². The second kappa shape index (κ2) is 11.3. The van der Waals surface area contributed by atoms with Crippen molar-refractivity contribution in [2.45, 2.75) is 63.4 Å². The van der Waals surface area contributed by atoms with Crippen molar-refractivity contribution in [3.8, 4) is 0 Å². The molecule has 204 valence electrons. The molecule has 0 amide bonds. The molecule has 1 N–H and O–H groups in total. The predicted molar refractivity (Wildman–Crippen MR) is 149 cm³/mol. The van der Waals surface area contributed by atoms with Crippen LogP contribution >= 0.6 is 23.5 Å². The van der Waals surface area contributed by atoms with Crippen LogP contribution < -0.4 is 0 Å². The van der Waals surface area contributed by atoms with Crippen LogP contribution in [0.15, 0.2) is 86.3 Å². The van der Waals surface area contributed by atoms with Gasteiger partial charge in [0.05, 0.1) is 28.6 Å². The molecule has 2 aliphatic rings. The highest BCUT2D eigenvalue weighted by molar-refractivity contribution is 7.99. The molecule has 1 saturated heterocycles. The number of carbonyl (C=O) groups is 1. The minimum Gasteiger partial charge on any atom is -0.458 e. The number of ether oxygens (including phenoxy) is 1. The number of hydrogen-bond acceptors (Lipinski definition) is 6. The van der Waals surface area contributed by atoms with Gasteiger partial charge in [0.1, 0.15) is 23.6 Å². The first kappa shape index (κ1) is 26.9. The number of halogens is 3. The van der Waals surface area contributed by atoms with E-state index in [-0.39, 0.29) is 24.0 Å². The number of rotatable bonds is 7. The van der Waals surface area contributed by atoms with Crippen LogP contribution in [0.5, 0.6) is 0 Å². The van der Waals surface area contributed by atoms with Crippen LogP contribution in [0.1, 0.15) is 42.9 Å². The van der Waals surface area contributed by atoms with Crippen LogP contribution in [0.4, 0.5) is 13.2 Å². The van der Waals surface area contributed by atoms with Gasteiger partial charge in [-0.25, -0.2) is 13.2 Å². The Balaban J connectivity index is 1.47. The Morgan fingerprint density at radius 3 is 2.20 bits per heavy atom. The standard InChI is InChI=1S/C31H24F3NO3S2/c32-18-3-8-22(9-4-18)39-28-16-27-25(15-26(28)34)31(40-23-10-5-19(33)6-11-23)24(30(35-27)17-1-2-17)12-7-21-13-20(36)14-29(37)38-21/h3-12,15-17,20-21,36H,1-2,13-14H2/b12-7+. The van der Waals surface area contributed by atoms with E-state index >= 15 is 4.39 Å².